The number of nitrogens with zero attached hydrogens (tertiary/aromatic N) is 3. The molecule has 1 saturated carbocycles. The fourth-order valence-electron chi connectivity index (χ4n) is 6.40. The highest BCUT2D eigenvalue weighted by atomic mass is 16.5. The SMILES string of the molecule is [C-]#[N+]c1ccc(OCCCN2CCC(C(C#N)(c3ccccc3)[C@@H]3CCCC3C(C)=O)CC2)cc1. The van der Waals surface area contributed by atoms with E-state index in [4.69, 9.17) is 11.3 Å². The molecule has 3 atom stereocenters. The fourth-order valence-corrected chi connectivity index (χ4v) is 6.40. The highest BCUT2D eigenvalue weighted by Gasteiger charge is 2.52. The first kappa shape index (κ1) is 25.0. The number of carbonyl (C=O) groups excluding carboxylic acids is 1. The summed E-state index contributed by atoms with van der Waals surface area (Å²) in [6.07, 6.45) is 5.79. The number of Topliss-reactive ketones (excluding diaryl/α,β-unsaturated/α-hetero) is 1. The second-order valence-corrected chi connectivity index (χ2v) is 10.0. The van der Waals surface area contributed by atoms with Crippen LogP contribution in [0.3, 0.4) is 0 Å². The molecule has 35 heavy (non-hydrogen) atoms. The van der Waals surface area contributed by atoms with Crippen molar-refractivity contribution in [2.45, 2.75) is 50.9 Å². The van der Waals surface area contributed by atoms with Crippen LogP contribution in [0.15, 0.2) is 54.6 Å². The third kappa shape index (κ3) is 5.42. The van der Waals surface area contributed by atoms with Crippen LogP contribution in [0.2, 0.25) is 0 Å². The molecule has 1 heterocycles. The monoisotopic (exact) mass is 469 g/mol. The van der Waals surface area contributed by atoms with Gasteiger partial charge in [-0.1, -0.05) is 48.9 Å². The number of carbonyl (C=O) groups is 1. The largest absolute Gasteiger partial charge is 0.494 e. The molecule has 5 heteroatoms. The molecule has 182 valence electrons. The molecule has 2 fully saturated rings. The Kier molecular flexibility index (Phi) is 8.21. The minimum absolute atomic E-state index is 0.00566. The number of benzene rings is 2. The Morgan fingerprint density at radius 2 is 1.83 bits per heavy atom. The van der Waals surface area contributed by atoms with Gasteiger partial charge >= 0.3 is 0 Å². The maximum absolute atomic E-state index is 12.5. The van der Waals surface area contributed by atoms with Crippen molar-refractivity contribution in [3.63, 3.8) is 0 Å². The molecule has 0 amide bonds. The molecule has 4 rings (SSSR count). The predicted molar refractivity (Wildman–Crippen MR) is 137 cm³/mol. The minimum atomic E-state index is -0.596. The van der Waals surface area contributed by atoms with E-state index in [1.165, 1.54) is 0 Å². The average Bonchev–Trinajstić information content (AvgIpc) is 3.40. The van der Waals surface area contributed by atoms with Crippen molar-refractivity contribution in [1.29, 1.82) is 5.26 Å². The summed E-state index contributed by atoms with van der Waals surface area (Å²) in [6, 6.07) is 20.3. The van der Waals surface area contributed by atoms with Gasteiger partial charge in [0.05, 0.1) is 24.7 Å². The molecular formula is C30H35N3O2. The van der Waals surface area contributed by atoms with Gasteiger partial charge in [0.2, 0.25) is 0 Å². The molecule has 2 aliphatic rings. The van der Waals surface area contributed by atoms with E-state index in [-0.39, 0.29) is 23.5 Å². The summed E-state index contributed by atoms with van der Waals surface area (Å²) < 4.78 is 5.84. The van der Waals surface area contributed by atoms with Gasteiger partial charge in [-0.3, -0.25) is 4.79 Å². The normalized spacial score (nSPS) is 22.6. The lowest BCUT2D eigenvalue weighted by Gasteiger charge is -2.46. The summed E-state index contributed by atoms with van der Waals surface area (Å²) in [5, 5.41) is 10.7. The molecular weight excluding hydrogens is 434 g/mol. The smallest absolute Gasteiger partial charge is 0.187 e. The Balaban J connectivity index is 1.38. The maximum Gasteiger partial charge on any atom is 0.187 e. The summed E-state index contributed by atoms with van der Waals surface area (Å²) in [6.45, 7) is 12.3. The zero-order chi connectivity index (χ0) is 24.7. The number of likely N-dealkylation sites (tertiary alicyclic amines) is 1. The summed E-state index contributed by atoms with van der Waals surface area (Å²) in [5.41, 5.74) is 1.12. The maximum atomic E-state index is 12.5. The fraction of sp³-hybridized carbons (Fsp3) is 0.500. The van der Waals surface area contributed by atoms with Crippen LogP contribution in [0.1, 0.15) is 51.0 Å². The van der Waals surface area contributed by atoms with Crippen molar-refractivity contribution in [2.24, 2.45) is 17.8 Å². The number of hydrogen-bond acceptors (Lipinski definition) is 4. The van der Waals surface area contributed by atoms with E-state index in [1.807, 2.05) is 30.3 Å². The predicted octanol–water partition coefficient (Wildman–Crippen LogP) is 6.19. The van der Waals surface area contributed by atoms with Crippen molar-refractivity contribution in [2.75, 3.05) is 26.2 Å². The average molecular weight is 470 g/mol. The van der Waals surface area contributed by atoms with Crippen LogP contribution >= 0.6 is 0 Å². The highest BCUT2D eigenvalue weighted by molar-refractivity contribution is 5.79. The van der Waals surface area contributed by atoms with Crippen LogP contribution in [0, 0.1) is 35.7 Å². The van der Waals surface area contributed by atoms with Crippen LogP contribution in [-0.4, -0.2) is 36.9 Å². The minimum Gasteiger partial charge on any atom is -0.494 e. The van der Waals surface area contributed by atoms with Crippen molar-refractivity contribution in [3.8, 4) is 11.8 Å². The quantitative estimate of drug-likeness (QED) is 0.325. The van der Waals surface area contributed by atoms with E-state index in [2.05, 4.69) is 27.9 Å². The van der Waals surface area contributed by atoms with Gasteiger partial charge in [-0.15, -0.1) is 0 Å². The summed E-state index contributed by atoms with van der Waals surface area (Å²) in [7, 11) is 0. The first-order chi connectivity index (χ1) is 17.1. The van der Waals surface area contributed by atoms with Gasteiger partial charge in [-0.25, -0.2) is 4.85 Å². The number of nitriles is 1. The first-order valence-corrected chi connectivity index (χ1v) is 12.9. The zero-order valence-electron chi connectivity index (χ0n) is 20.7. The second kappa shape index (κ2) is 11.5. The van der Waals surface area contributed by atoms with E-state index in [0.717, 1.165) is 69.5 Å². The zero-order valence-corrected chi connectivity index (χ0v) is 20.7. The molecule has 2 aromatic carbocycles. The number of piperidine rings is 1. The molecule has 1 saturated heterocycles. The van der Waals surface area contributed by atoms with Crippen molar-refractivity contribution < 1.29 is 9.53 Å². The number of ether oxygens (including phenoxy) is 1. The van der Waals surface area contributed by atoms with Gasteiger partial charge in [0.15, 0.2) is 5.69 Å². The second-order valence-electron chi connectivity index (χ2n) is 10.0. The van der Waals surface area contributed by atoms with Crippen LogP contribution in [0.5, 0.6) is 5.75 Å². The Labute approximate surface area is 209 Å². The van der Waals surface area contributed by atoms with Crippen molar-refractivity contribution in [3.05, 3.63) is 71.6 Å². The van der Waals surface area contributed by atoms with E-state index in [0.29, 0.717) is 12.3 Å². The van der Waals surface area contributed by atoms with Crippen LogP contribution in [0.25, 0.3) is 4.85 Å². The molecule has 0 N–H and O–H groups in total. The van der Waals surface area contributed by atoms with Gasteiger partial charge in [0.1, 0.15) is 11.5 Å². The van der Waals surface area contributed by atoms with Gasteiger partial charge < -0.3 is 9.64 Å². The lowest BCUT2D eigenvalue weighted by atomic mass is 9.58. The lowest BCUT2D eigenvalue weighted by molar-refractivity contribution is -0.122. The van der Waals surface area contributed by atoms with E-state index < -0.39 is 5.41 Å². The third-order valence-corrected chi connectivity index (χ3v) is 8.14. The van der Waals surface area contributed by atoms with Gasteiger partial charge in [0.25, 0.3) is 0 Å². The van der Waals surface area contributed by atoms with Crippen molar-refractivity contribution in [1.82, 2.24) is 4.90 Å². The van der Waals surface area contributed by atoms with E-state index in [9.17, 15) is 10.1 Å². The number of ketones is 1. The molecule has 2 unspecified atom stereocenters. The molecule has 0 aromatic heterocycles. The van der Waals surface area contributed by atoms with Gasteiger partial charge in [-0.05, 0) is 81.6 Å². The summed E-state index contributed by atoms with van der Waals surface area (Å²) in [5.74, 6) is 1.40. The Bertz CT molecular complexity index is 1060. The van der Waals surface area contributed by atoms with Crippen LogP contribution in [0.4, 0.5) is 5.69 Å². The standard InChI is InChI=1S/C30H35N3O2/c1-23(34)28-10-6-11-29(28)30(22-31,24-8-4-3-5-9-24)25-16-19-33(20-17-25)18-7-21-35-27-14-12-26(32-2)13-15-27/h3-5,8-9,12-15,25,28-29H,6-7,10-11,16-21H2,1H3/t28?,29-,30?/m1/s1. The Hall–Kier alpha value is -3.15. The molecule has 0 bridgehead atoms. The molecule has 0 radical (unpaired) electrons. The van der Waals surface area contributed by atoms with Crippen LogP contribution < -0.4 is 4.74 Å². The summed E-state index contributed by atoms with van der Waals surface area (Å²) in [4.78, 5) is 18.4. The van der Waals surface area contributed by atoms with E-state index in [1.54, 1.807) is 19.1 Å². The molecule has 0 spiro atoms. The Morgan fingerprint density at radius 1 is 1.11 bits per heavy atom. The molecule has 5 nitrogen and oxygen atoms in total. The third-order valence-electron chi connectivity index (χ3n) is 8.14. The Morgan fingerprint density at radius 3 is 2.46 bits per heavy atom. The lowest BCUT2D eigenvalue weighted by Crippen LogP contribution is -2.49. The number of rotatable bonds is 9. The highest BCUT2D eigenvalue weighted by Crippen LogP contribution is 2.52. The topological polar surface area (TPSA) is 57.7 Å². The molecule has 2 aromatic rings. The molecule has 1 aliphatic carbocycles. The van der Waals surface area contributed by atoms with Gasteiger partial charge in [-0.2, -0.15) is 5.26 Å². The van der Waals surface area contributed by atoms with Crippen molar-refractivity contribution >= 4 is 11.5 Å². The number of hydrogen-bond donors (Lipinski definition) is 0. The van der Waals surface area contributed by atoms with E-state index >= 15 is 0 Å². The first-order valence-electron chi connectivity index (χ1n) is 12.9. The van der Waals surface area contributed by atoms with Gasteiger partial charge in [0, 0.05) is 12.5 Å². The molecule has 1 aliphatic heterocycles. The van der Waals surface area contributed by atoms with Crippen LogP contribution in [-0.2, 0) is 10.2 Å². The summed E-state index contributed by atoms with van der Waals surface area (Å²) >= 11 is 0.